The zero-order chi connectivity index (χ0) is 37.0. The predicted molar refractivity (Wildman–Crippen MR) is 200 cm³/mol. The van der Waals surface area contributed by atoms with Gasteiger partial charge in [0.1, 0.15) is 30.3 Å². The lowest BCUT2D eigenvalue weighted by Gasteiger charge is -2.54. The van der Waals surface area contributed by atoms with Crippen LogP contribution in [0.25, 0.3) is 0 Å². The zero-order valence-corrected chi connectivity index (χ0v) is 30.5. The summed E-state index contributed by atoms with van der Waals surface area (Å²) in [5, 5.41) is 5.93. The van der Waals surface area contributed by atoms with Crippen molar-refractivity contribution in [3.63, 3.8) is 0 Å². The summed E-state index contributed by atoms with van der Waals surface area (Å²) in [6.07, 6.45) is 4.25. The predicted octanol–water partition coefficient (Wildman–Crippen LogP) is 5.00. The Morgan fingerprint density at radius 3 is 2.35 bits per heavy atom. The lowest BCUT2D eigenvalue weighted by atomic mass is 9.78. The van der Waals surface area contributed by atoms with Gasteiger partial charge in [0.05, 0.1) is 24.3 Å². The molecule has 12 heteroatoms. The number of hydrogen-bond donors (Lipinski definition) is 2. The molecule has 9 rings (SSSR count). The van der Waals surface area contributed by atoms with Crippen LogP contribution in [0.2, 0.25) is 0 Å². The molecule has 3 saturated heterocycles. The number of fused-ring (bicyclic) bond motifs is 1. The monoisotopic (exact) mass is 728 g/mol. The van der Waals surface area contributed by atoms with Crippen molar-refractivity contribution in [1.29, 1.82) is 0 Å². The summed E-state index contributed by atoms with van der Waals surface area (Å²) in [6.45, 7) is 8.76. The van der Waals surface area contributed by atoms with Crippen molar-refractivity contribution in [3.8, 4) is 11.5 Å². The third-order valence-corrected chi connectivity index (χ3v) is 11.7. The van der Waals surface area contributed by atoms with E-state index in [0.29, 0.717) is 30.6 Å². The van der Waals surface area contributed by atoms with E-state index in [1.165, 1.54) is 11.1 Å². The standard InChI is InChI=1S/C42H44N6O6/c1-41(2,27-3-8-32(9-4-27)53-21-30-15-16-43-40(45-30)47-22-42(23-47)24-52-25-42)28-5-10-33(11-6-28)54-34-18-31(19-34)44-29-7-12-35-26(17-29)20-48(39(35)51)36-13-14-37(49)46-38(36)50/h3-12,15-17,31,34,36,44H,13-14,18-25H2,1-2H3,(H,46,49,50)/t31-,34+,36?. The molecule has 3 aromatic carbocycles. The number of rotatable bonds is 11. The summed E-state index contributed by atoms with van der Waals surface area (Å²) in [4.78, 5) is 49.9. The van der Waals surface area contributed by atoms with Crippen molar-refractivity contribution in [3.05, 3.63) is 107 Å². The molecule has 0 radical (unpaired) electrons. The van der Waals surface area contributed by atoms with Crippen molar-refractivity contribution in [2.75, 3.05) is 36.5 Å². The molecule has 278 valence electrons. The Morgan fingerprint density at radius 2 is 1.67 bits per heavy atom. The molecule has 1 saturated carbocycles. The minimum Gasteiger partial charge on any atom is -0.490 e. The highest BCUT2D eigenvalue weighted by Gasteiger charge is 2.50. The molecule has 0 bridgehead atoms. The van der Waals surface area contributed by atoms with E-state index in [1.54, 1.807) is 11.1 Å². The minimum absolute atomic E-state index is 0.118. The van der Waals surface area contributed by atoms with Gasteiger partial charge in [0, 0.05) is 67.8 Å². The molecule has 4 aliphatic heterocycles. The first kappa shape index (κ1) is 34.3. The van der Waals surface area contributed by atoms with Crippen molar-refractivity contribution in [2.24, 2.45) is 5.41 Å². The highest BCUT2D eigenvalue weighted by molar-refractivity contribution is 6.05. The second-order valence-corrected chi connectivity index (χ2v) is 16.0. The molecule has 4 aromatic rings. The maximum absolute atomic E-state index is 13.0. The largest absolute Gasteiger partial charge is 0.490 e. The maximum atomic E-state index is 13.0. The quantitative estimate of drug-likeness (QED) is 0.203. The van der Waals surface area contributed by atoms with E-state index in [9.17, 15) is 14.4 Å². The van der Waals surface area contributed by atoms with Crippen molar-refractivity contribution >= 4 is 29.4 Å². The van der Waals surface area contributed by atoms with Crippen molar-refractivity contribution in [2.45, 2.75) is 76.3 Å². The third-order valence-electron chi connectivity index (χ3n) is 11.7. The fraction of sp³-hybridized carbons (Fsp3) is 0.405. The Morgan fingerprint density at radius 1 is 0.944 bits per heavy atom. The average molecular weight is 729 g/mol. The van der Waals surface area contributed by atoms with Crippen molar-refractivity contribution in [1.82, 2.24) is 20.2 Å². The van der Waals surface area contributed by atoms with Crippen LogP contribution in [-0.4, -0.2) is 77.1 Å². The molecular weight excluding hydrogens is 684 g/mol. The fourth-order valence-electron chi connectivity index (χ4n) is 8.21. The first-order chi connectivity index (χ1) is 26.1. The second-order valence-electron chi connectivity index (χ2n) is 16.0. The van der Waals surface area contributed by atoms with Crippen LogP contribution in [0.1, 0.15) is 72.3 Å². The fourth-order valence-corrected chi connectivity index (χ4v) is 8.21. The molecule has 1 unspecified atom stereocenters. The minimum atomic E-state index is -0.613. The number of anilines is 2. The number of nitrogens with zero attached hydrogens (tertiary/aromatic N) is 4. The summed E-state index contributed by atoms with van der Waals surface area (Å²) in [6, 6.07) is 24.0. The topological polar surface area (TPSA) is 135 Å². The van der Waals surface area contributed by atoms with E-state index in [0.717, 1.165) is 73.5 Å². The van der Waals surface area contributed by atoms with Crippen LogP contribution in [0, 0.1) is 5.41 Å². The molecule has 54 heavy (non-hydrogen) atoms. The van der Waals surface area contributed by atoms with Crippen LogP contribution in [0.4, 0.5) is 11.6 Å². The molecule has 1 aromatic heterocycles. The SMILES string of the molecule is CC(C)(c1ccc(OCc2ccnc(N3CC4(COC4)C3)n2)cc1)c1ccc(O[C@H]2C[C@@H](Nc3ccc4c(c3)CN(C3CCC(=O)NC3=O)C4=O)C2)cc1. The van der Waals surface area contributed by atoms with E-state index in [2.05, 4.69) is 70.8 Å². The number of ether oxygens (including phenoxy) is 3. The first-order valence-corrected chi connectivity index (χ1v) is 18.8. The van der Waals surface area contributed by atoms with E-state index in [-0.39, 0.29) is 35.8 Å². The molecule has 1 spiro atoms. The molecule has 1 atom stereocenters. The number of amides is 3. The normalized spacial score (nSPS) is 22.9. The number of benzene rings is 3. The van der Waals surface area contributed by atoms with Gasteiger partial charge in [-0.2, -0.15) is 0 Å². The lowest BCUT2D eigenvalue weighted by molar-refractivity contribution is -0.136. The van der Waals surface area contributed by atoms with Crippen LogP contribution in [0.15, 0.2) is 79.0 Å². The van der Waals surface area contributed by atoms with Gasteiger partial charge in [0.2, 0.25) is 17.8 Å². The molecule has 3 amide bonds. The molecule has 2 N–H and O–H groups in total. The van der Waals surface area contributed by atoms with Gasteiger partial charge >= 0.3 is 0 Å². The van der Waals surface area contributed by atoms with Gasteiger partial charge in [-0.3, -0.25) is 19.7 Å². The Bertz CT molecular complexity index is 2090. The third kappa shape index (κ3) is 6.52. The van der Waals surface area contributed by atoms with Gasteiger partial charge in [-0.15, -0.1) is 0 Å². The zero-order valence-electron chi connectivity index (χ0n) is 30.5. The van der Waals surface area contributed by atoms with Crippen LogP contribution >= 0.6 is 0 Å². The van der Waals surface area contributed by atoms with E-state index in [1.807, 2.05) is 36.4 Å². The Hall–Kier alpha value is -5.49. The lowest BCUT2D eigenvalue weighted by Crippen LogP contribution is -2.66. The van der Waals surface area contributed by atoms with E-state index in [4.69, 9.17) is 19.2 Å². The smallest absolute Gasteiger partial charge is 0.255 e. The molecule has 5 heterocycles. The number of imide groups is 1. The summed E-state index contributed by atoms with van der Waals surface area (Å²) >= 11 is 0. The van der Waals surface area contributed by atoms with Crippen molar-refractivity contribution < 1.29 is 28.6 Å². The highest BCUT2D eigenvalue weighted by Crippen LogP contribution is 2.39. The second kappa shape index (κ2) is 13.4. The van der Waals surface area contributed by atoms with Crippen LogP contribution < -0.4 is 25.0 Å². The molecule has 4 fully saturated rings. The molecule has 1 aliphatic carbocycles. The Labute approximate surface area is 314 Å². The van der Waals surface area contributed by atoms with Gasteiger partial charge < -0.3 is 29.3 Å². The first-order valence-electron chi connectivity index (χ1n) is 18.8. The van der Waals surface area contributed by atoms with Gasteiger partial charge in [-0.1, -0.05) is 38.1 Å². The number of carbonyl (C=O) groups is 3. The van der Waals surface area contributed by atoms with Crippen LogP contribution in [0.5, 0.6) is 11.5 Å². The van der Waals surface area contributed by atoms with Crippen LogP contribution in [-0.2, 0) is 32.9 Å². The van der Waals surface area contributed by atoms with E-state index < -0.39 is 11.9 Å². The average Bonchev–Trinajstić information content (AvgIpc) is 3.44. The summed E-state index contributed by atoms with van der Waals surface area (Å²) in [7, 11) is 0. The number of nitrogens with one attached hydrogen (secondary N) is 2. The Balaban J connectivity index is 0.740. The number of carbonyl (C=O) groups excluding carboxylic acids is 3. The van der Waals surface area contributed by atoms with Gasteiger partial charge in [-0.25, -0.2) is 9.97 Å². The summed E-state index contributed by atoms with van der Waals surface area (Å²) in [5.41, 5.74) is 5.77. The van der Waals surface area contributed by atoms with E-state index >= 15 is 0 Å². The molecule has 12 nitrogen and oxygen atoms in total. The maximum Gasteiger partial charge on any atom is 0.255 e. The number of piperidine rings is 1. The summed E-state index contributed by atoms with van der Waals surface area (Å²) < 4.78 is 17.8. The van der Waals surface area contributed by atoms with Gasteiger partial charge in [0.25, 0.3) is 5.91 Å². The number of hydrogen-bond acceptors (Lipinski definition) is 10. The summed E-state index contributed by atoms with van der Waals surface area (Å²) in [5.74, 6) is 1.56. The molecule has 5 aliphatic rings. The van der Waals surface area contributed by atoms with Gasteiger partial charge in [0.15, 0.2) is 0 Å². The van der Waals surface area contributed by atoms with Gasteiger partial charge in [-0.05, 0) is 71.6 Å². The highest BCUT2D eigenvalue weighted by atomic mass is 16.5. The molecular formula is C42H44N6O6. The number of aromatic nitrogens is 2. The Kier molecular flexibility index (Phi) is 8.52. The van der Waals surface area contributed by atoms with Crippen LogP contribution in [0.3, 0.4) is 0 Å².